The van der Waals surface area contributed by atoms with E-state index in [1.807, 2.05) is 0 Å². The standard InChI is InChI=1S/C16H14FN3O3/c1-16(17)8-11(9-16)6-5-10-3-2-4-12(7-10)23-14-13(15(21)22)18-20-19-14/h2-4,7,11H,8-9H2,1H3,(H,21,22)(H,18,19,20). The molecule has 7 heteroatoms. The largest absolute Gasteiger partial charge is 0.476 e. The first-order valence-electron chi connectivity index (χ1n) is 7.06. The number of carboxylic acid groups (broad SMARTS) is 1. The van der Waals surface area contributed by atoms with Crippen LogP contribution in [0.1, 0.15) is 35.8 Å². The zero-order chi connectivity index (χ0) is 16.4. The van der Waals surface area contributed by atoms with Gasteiger partial charge in [-0.1, -0.05) is 28.2 Å². The number of benzene rings is 1. The van der Waals surface area contributed by atoms with Crippen LogP contribution in [-0.2, 0) is 0 Å². The fraction of sp³-hybridized carbons (Fsp3) is 0.312. The maximum Gasteiger partial charge on any atom is 0.359 e. The third-order valence-electron chi connectivity index (χ3n) is 3.54. The molecule has 1 aliphatic carbocycles. The van der Waals surface area contributed by atoms with Gasteiger partial charge in [-0.25, -0.2) is 14.3 Å². The lowest BCUT2D eigenvalue weighted by atomic mass is 9.74. The zero-order valence-electron chi connectivity index (χ0n) is 12.3. The van der Waals surface area contributed by atoms with Crippen molar-refractivity contribution in [3.05, 3.63) is 35.5 Å². The van der Waals surface area contributed by atoms with Gasteiger partial charge >= 0.3 is 5.97 Å². The van der Waals surface area contributed by atoms with Gasteiger partial charge in [0.1, 0.15) is 11.4 Å². The second-order valence-corrected chi connectivity index (χ2v) is 5.71. The van der Waals surface area contributed by atoms with Crippen LogP contribution in [0.3, 0.4) is 0 Å². The van der Waals surface area contributed by atoms with Crippen LogP contribution in [0.15, 0.2) is 24.3 Å². The quantitative estimate of drug-likeness (QED) is 0.850. The number of hydrogen-bond donors (Lipinski definition) is 2. The van der Waals surface area contributed by atoms with Crippen molar-refractivity contribution in [1.82, 2.24) is 15.4 Å². The zero-order valence-corrected chi connectivity index (χ0v) is 12.3. The number of aromatic amines is 1. The highest BCUT2D eigenvalue weighted by Crippen LogP contribution is 2.40. The van der Waals surface area contributed by atoms with Crippen LogP contribution in [0.2, 0.25) is 0 Å². The first-order valence-corrected chi connectivity index (χ1v) is 7.06. The van der Waals surface area contributed by atoms with Crippen molar-refractivity contribution in [3.63, 3.8) is 0 Å². The van der Waals surface area contributed by atoms with Gasteiger partial charge in [-0.2, -0.15) is 0 Å². The molecular formula is C16H14FN3O3. The van der Waals surface area contributed by atoms with Gasteiger partial charge in [-0.3, -0.25) is 0 Å². The molecule has 0 amide bonds. The molecule has 6 nitrogen and oxygen atoms in total. The summed E-state index contributed by atoms with van der Waals surface area (Å²) in [6.45, 7) is 1.58. The second-order valence-electron chi connectivity index (χ2n) is 5.71. The third kappa shape index (κ3) is 3.48. The molecular weight excluding hydrogens is 301 g/mol. The molecule has 3 rings (SSSR count). The average molecular weight is 315 g/mol. The van der Waals surface area contributed by atoms with Gasteiger partial charge in [0.15, 0.2) is 0 Å². The molecule has 1 heterocycles. The van der Waals surface area contributed by atoms with Gasteiger partial charge in [0.2, 0.25) is 5.69 Å². The fourth-order valence-corrected chi connectivity index (χ4v) is 2.43. The molecule has 1 saturated carbocycles. The van der Waals surface area contributed by atoms with Crippen molar-refractivity contribution in [3.8, 4) is 23.5 Å². The predicted octanol–water partition coefficient (Wildman–Crippen LogP) is 2.78. The van der Waals surface area contributed by atoms with E-state index in [2.05, 4.69) is 27.3 Å². The predicted molar refractivity (Wildman–Crippen MR) is 79.0 cm³/mol. The maximum absolute atomic E-state index is 13.4. The van der Waals surface area contributed by atoms with E-state index in [0.717, 1.165) is 0 Å². The number of alkyl halides is 1. The number of rotatable bonds is 3. The Labute approximate surface area is 131 Å². The lowest BCUT2D eigenvalue weighted by Crippen LogP contribution is -2.35. The summed E-state index contributed by atoms with van der Waals surface area (Å²) in [6, 6.07) is 6.86. The molecule has 2 aromatic rings. The van der Waals surface area contributed by atoms with Crippen molar-refractivity contribution in [2.45, 2.75) is 25.4 Å². The van der Waals surface area contributed by atoms with Crippen LogP contribution in [0.25, 0.3) is 0 Å². The highest BCUT2D eigenvalue weighted by atomic mass is 19.1. The molecule has 0 aliphatic heterocycles. The number of hydrogen-bond acceptors (Lipinski definition) is 4. The Kier molecular flexibility index (Phi) is 3.74. The number of H-pyrrole nitrogens is 1. The van der Waals surface area contributed by atoms with Crippen LogP contribution in [-0.4, -0.2) is 32.2 Å². The lowest BCUT2D eigenvalue weighted by molar-refractivity contribution is 0.0520. The van der Waals surface area contributed by atoms with E-state index in [-0.39, 0.29) is 17.5 Å². The van der Waals surface area contributed by atoms with Crippen LogP contribution in [0.4, 0.5) is 4.39 Å². The lowest BCUT2D eigenvalue weighted by Gasteiger charge is -2.35. The van der Waals surface area contributed by atoms with Crippen LogP contribution in [0.5, 0.6) is 11.6 Å². The second kappa shape index (κ2) is 5.72. The molecule has 0 unspecified atom stereocenters. The van der Waals surface area contributed by atoms with Gasteiger partial charge in [-0.05, 0) is 38.0 Å². The highest BCUT2D eigenvalue weighted by molar-refractivity contribution is 5.87. The summed E-state index contributed by atoms with van der Waals surface area (Å²) in [5.74, 6) is 5.17. The SMILES string of the molecule is CC1(F)CC(C#Cc2cccc(Oc3nn[nH]c3C(=O)O)c2)C1. The topological polar surface area (TPSA) is 88.1 Å². The minimum Gasteiger partial charge on any atom is -0.476 e. The Bertz CT molecular complexity index is 796. The summed E-state index contributed by atoms with van der Waals surface area (Å²) in [5, 5.41) is 18.2. The van der Waals surface area contributed by atoms with Crippen LogP contribution < -0.4 is 4.74 Å². The molecule has 23 heavy (non-hydrogen) atoms. The van der Waals surface area contributed by atoms with E-state index in [4.69, 9.17) is 9.84 Å². The van der Waals surface area contributed by atoms with Gasteiger partial charge in [0.05, 0.1) is 0 Å². The number of ether oxygens (including phenoxy) is 1. The van der Waals surface area contributed by atoms with Crippen molar-refractivity contribution in [1.29, 1.82) is 0 Å². The Morgan fingerprint density at radius 3 is 3.00 bits per heavy atom. The number of halogens is 1. The van der Waals surface area contributed by atoms with Crippen molar-refractivity contribution in [2.24, 2.45) is 5.92 Å². The van der Waals surface area contributed by atoms with E-state index in [9.17, 15) is 9.18 Å². The molecule has 1 fully saturated rings. The number of carbonyl (C=O) groups is 1. The maximum atomic E-state index is 13.4. The summed E-state index contributed by atoms with van der Waals surface area (Å²) >= 11 is 0. The summed E-state index contributed by atoms with van der Waals surface area (Å²) in [4.78, 5) is 11.0. The minimum absolute atomic E-state index is 0.0729. The Balaban J connectivity index is 1.72. The van der Waals surface area contributed by atoms with Crippen LogP contribution >= 0.6 is 0 Å². The Morgan fingerprint density at radius 1 is 1.52 bits per heavy atom. The van der Waals surface area contributed by atoms with Crippen molar-refractivity contribution >= 4 is 5.97 Å². The molecule has 0 spiro atoms. The highest BCUT2D eigenvalue weighted by Gasteiger charge is 2.39. The summed E-state index contributed by atoms with van der Waals surface area (Å²) in [7, 11) is 0. The summed E-state index contributed by atoms with van der Waals surface area (Å²) in [5.41, 5.74) is -0.613. The van der Waals surface area contributed by atoms with Gasteiger partial charge in [-0.15, -0.1) is 0 Å². The number of carboxylic acids is 1. The molecule has 0 bridgehead atoms. The monoisotopic (exact) mass is 315 g/mol. The fourth-order valence-electron chi connectivity index (χ4n) is 2.43. The van der Waals surface area contributed by atoms with Gasteiger partial charge < -0.3 is 9.84 Å². The van der Waals surface area contributed by atoms with Crippen molar-refractivity contribution < 1.29 is 19.0 Å². The third-order valence-corrected chi connectivity index (χ3v) is 3.54. The van der Waals surface area contributed by atoms with E-state index >= 15 is 0 Å². The minimum atomic E-state index is -1.21. The van der Waals surface area contributed by atoms with E-state index in [0.29, 0.717) is 24.2 Å². The average Bonchev–Trinajstić information content (AvgIpc) is 2.91. The smallest absolute Gasteiger partial charge is 0.359 e. The molecule has 1 aromatic carbocycles. The Hall–Kier alpha value is -2.88. The first kappa shape index (κ1) is 15.0. The molecule has 1 aromatic heterocycles. The number of nitrogens with one attached hydrogen (secondary N) is 1. The molecule has 118 valence electrons. The first-order chi connectivity index (χ1) is 10.9. The van der Waals surface area contributed by atoms with E-state index in [1.54, 1.807) is 31.2 Å². The van der Waals surface area contributed by atoms with Gasteiger partial charge in [0.25, 0.3) is 5.88 Å². The molecule has 0 saturated heterocycles. The number of aromatic nitrogens is 3. The van der Waals surface area contributed by atoms with E-state index in [1.165, 1.54) is 0 Å². The Morgan fingerprint density at radius 2 is 2.30 bits per heavy atom. The summed E-state index contributed by atoms with van der Waals surface area (Å²) in [6.07, 6.45) is 0.911. The van der Waals surface area contributed by atoms with Crippen LogP contribution in [0, 0.1) is 17.8 Å². The molecule has 2 N–H and O–H groups in total. The number of aromatic carboxylic acids is 1. The molecule has 0 atom stereocenters. The van der Waals surface area contributed by atoms with Gasteiger partial charge in [0, 0.05) is 11.5 Å². The molecule has 1 aliphatic rings. The number of nitrogens with zero attached hydrogens (tertiary/aromatic N) is 2. The normalized spacial score (nSPS) is 22.6. The van der Waals surface area contributed by atoms with Crippen molar-refractivity contribution in [2.75, 3.05) is 0 Å². The molecule has 0 radical (unpaired) electrons. The van der Waals surface area contributed by atoms with E-state index < -0.39 is 11.6 Å². The summed E-state index contributed by atoms with van der Waals surface area (Å²) < 4.78 is 18.8.